The van der Waals surface area contributed by atoms with Crippen molar-refractivity contribution in [3.05, 3.63) is 38.0 Å². The molecular weight excluding hydrogens is 388 g/mol. The SMILES string of the molecule is C=CC(=O)OCC(CCOC(=O)CCC(=O)O)(COC(=O)C=C)COC(=O)C=C. The maximum absolute atomic E-state index is 11.6. The molecule has 0 aromatic heterocycles. The van der Waals surface area contributed by atoms with Crippen molar-refractivity contribution in [2.75, 3.05) is 26.4 Å². The second-order valence-corrected chi connectivity index (χ2v) is 5.80. The molecule has 0 rings (SSSR count). The molecule has 0 fully saturated rings. The smallest absolute Gasteiger partial charge is 0.330 e. The van der Waals surface area contributed by atoms with Gasteiger partial charge in [0, 0.05) is 18.2 Å². The number of carboxylic acids is 1. The number of rotatable bonds is 15. The lowest BCUT2D eigenvalue weighted by Gasteiger charge is -2.31. The minimum atomic E-state index is -1.25. The van der Waals surface area contributed by atoms with E-state index >= 15 is 0 Å². The molecule has 0 aliphatic carbocycles. The van der Waals surface area contributed by atoms with Gasteiger partial charge in [-0.2, -0.15) is 0 Å². The van der Waals surface area contributed by atoms with Crippen LogP contribution in [0.5, 0.6) is 0 Å². The van der Waals surface area contributed by atoms with Crippen molar-refractivity contribution in [3.8, 4) is 0 Å². The summed E-state index contributed by atoms with van der Waals surface area (Å²) in [7, 11) is 0. The number of hydrogen-bond donors (Lipinski definition) is 1. The molecule has 0 aliphatic rings. The summed E-state index contributed by atoms with van der Waals surface area (Å²) in [6, 6.07) is 0. The third-order valence-corrected chi connectivity index (χ3v) is 3.50. The summed E-state index contributed by atoms with van der Waals surface area (Å²) in [6.45, 7) is 8.52. The van der Waals surface area contributed by atoms with E-state index in [9.17, 15) is 24.0 Å². The predicted octanol–water partition coefficient (Wildman–Crippen LogP) is 0.958. The second-order valence-electron chi connectivity index (χ2n) is 5.80. The molecule has 0 saturated heterocycles. The van der Waals surface area contributed by atoms with Crippen LogP contribution in [0.4, 0.5) is 0 Å². The van der Waals surface area contributed by atoms with Crippen molar-refractivity contribution in [2.45, 2.75) is 19.3 Å². The van der Waals surface area contributed by atoms with Gasteiger partial charge in [-0.25, -0.2) is 14.4 Å². The van der Waals surface area contributed by atoms with Gasteiger partial charge >= 0.3 is 29.8 Å². The fraction of sp³-hybridized carbons (Fsp3) is 0.421. The Labute approximate surface area is 167 Å². The van der Waals surface area contributed by atoms with Crippen LogP contribution in [-0.2, 0) is 42.9 Å². The maximum atomic E-state index is 11.6. The standard InChI is InChI=1S/C19H24O10/c1-4-15(22)27-11-19(12-28-16(23)5-2,13-29-17(24)6-3)9-10-26-18(25)8-7-14(20)21/h4-6H,1-3,7-13H2,(H,20,21). The van der Waals surface area contributed by atoms with Crippen LogP contribution in [0.2, 0.25) is 0 Å². The Morgan fingerprint density at radius 3 is 1.48 bits per heavy atom. The van der Waals surface area contributed by atoms with Crippen LogP contribution in [0.3, 0.4) is 0 Å². The van der Waals surface area contributed by atoms with Crippen molar-refractivity contribution in [2.24, 2.45) is 5.41 Å². The number of carbonyl (C=O) groups excluding carboxylic acids is 4. The quantitative estimate of drug-likeness (QED) is 0.235. The van der Waals surface area contributed by atoms with E-state index in [1.165, 1.54) is 0 Å². The van der Waals surface area contributed by atoms with E-state index in [-0.39, 0.29) is 39.3 Å². The van der Waals surface area contributed by atoms with Gasteiger partial charge in [0.1, 0.15) is 19.8 Å². The van der Waals surface area contributed by atoms with Crippen LogP contribution in [0.1, 0.15) is 19.3 Å². The summed E-state index contributed by atoms with van der Waals surface area (Å²) in [5, 5.41) is 8.58. The van der Waals surface area contributed by atoms with E-state index in [4.69, 9.17) is 24.1 Å². The molecule has 0 unspecified atom stereocenters. The Morgan fingerprint density at radius 2 is 1.14 bits per heavy atom. The number of aliphatic carboxylic acids is 1. The van der Waals surface area contributed by atoms with Crippen LogP contribution in [-0.4, -0.2) is 61.4 Å². The lowest BCUT2D eigenvalue weighted by Crippen LogP contribution is -2.40. The van der Waals surface area contributed by atoms with Gasteiger partial charge in [-0.3, -0.25) is 9.59 Å². The van der Waals surface area contributed by atoms with Crippen LogP contribution >= 0.6 is 0 Å². The Balaban J connectivity index is 5.24. The summed E-state index contributed by atoms with van der Waals surface area (Å²) in [5.74, 6) is -4.20. The fourth-order valence-corrected chi connectivity index (χ4v) is 1.85. The first-order valence-electron chi connectivity index (χ1n) is 8.43. The van der Waals surface area contributed by atoms with E-state index in [1.54, 1.807) is 0 Å². The van der Waals surface area contributed by atoms with Gasteiger partial charge < -0.3 is 24.1 Å². The van der Waals surface area contributed by atoms with Gasteiger partial charge in [0.2, 0.25) is 0 Å². The van der Waals surface area contributed by atoms with Gasteiger partial charge in [0.25, 0.3) is 0 Å². The summed E-state index contributed by atoms with van der Waals surface area (Å²) in [4.78, 5) is 56.4. The van der Waals surface area contributed by atoms with Gasteiger partial charge in [0.15, 0.2) is 0 Å². The summed E-state index contributed by atoms with van der Waals surface area (Å²) in [5.41, 5.74) is -1.25. The highest BCUT2D eigenvalue weighted by Crippen LogP contribution is 2.25. The summed E-state index contributed by atoms with van der Waals surface area (Å²) >= 11 is 0. The van der Waals surface area contributed by atoms with E-state index < -0.39 is 41.7 Å². The van der Waals surface area contributed by atoms with Crippen molar-refractivity contribution in [3.63, 3.8) is 0 Å². The summed E-state index contributed by atoms with van der Waals surface area (Å²) < 4.78 is 20.0. The van der Waals surface area contributed by atoms with Crippen LogP contribution in [0, 0.1) is 5.41 Å². The molecule has 10 heteroatoms. The minimum Gasteiger partial charge on any atom is -0.481 e. The molecular formula is C19H24O10. The number of carboxylic acid groups (broad SMARTS) is 1. The monoisotopic (exact) mass is 412 g/mol. The predicted molar refractivity (Wildman–Crippen MR) is 98.3 cm³/mol. The van der Waals surface area contributed by atoms with E-state index in [0.717, 1.165) is 18.2 Å². The molecule has 0 saturated carbocycles. The minimum absolute atomic E-state index is 0.0366. The van der Waals surface area contributed by atoms with Gasteiger partial charge in [-0.1, -0.05) is 19.7 Å². The van der Waals surface area contributed by atoms with E-state index in [2.05, 4.69) is 19.7 Å². The number of ether oxygens (including phenoxy) is 4. The first-order valence-corrected chi connectivity index (χ1v) is 8.43. The molecule has 0 radical (unpaired) electrons. The van der Waals surface area contributed by atoms with Crippen molar-refractivity contribution in [1.82, 2.24) is 0 Å². The van der Waals surface area contributed by atoms with Gasteiger partial charge in [-0.05, 0) is 6.42 Å². The van der Waals surface area contributed by atoms with Gasteiger partial charge in [-0.15, -0.1) is 0 Å². The lowest BCUT2D eigenvalue weighted by molar-refractivity contribution is -0.160. The maximum Gasteiger partial charge on any atom is 0.330 e. The molecule has 29 heavy (non-hydrogen) atoms. The molecule has 0 heterocycles. The van der Waals surface area contributed by atoms with Gasteiger partial charge in [0.05, 0.1) is 24.9 Å². The van der Waals surface area contributed by atoms with Crippen molar-refractivity contribution in [1.29, 1.82) is 0 Å². The zero-order valence-corrected chi connectivity index (χ0v) is 15.9. The van der Waals surface area contributed by atoms with Crippen LogP contribution < -0.4 is 0 Å². The van der Waals surface area contributed by atoms with Crippen LogP contribution in [0.25, 0.3) is 0 Å². The fourth-order valence-electron chi connectivity index (χ4n) is 1.85. The molecule has 160 valence electrons. The average Bonchev–Trinajstić information content (AvgIpc) is 2.71. The zero-order valence-electron chi connectivity index (χ0n) is 15.9. The highest BCUT2D eigenvalue weighted by molar-refractivity contribution is 5.82. The molecule has 0 bridgehead atoms. The third-order valence-electron chi connectivity index (χ3n) is 3.50. The Morgan fingerprint density at radius 1 is 0.724 bits per heavy atom. The largest absolute Gasteiger partial charge is 0.481 e. The number of esters is 4. The second kappa shape index (κ2) is 13.7. The van der Waals surface area contributed by atoms with E-state index in [0.29, 0.717) is 0 Å². The Bertz CT molecular complexity index is 590. The molecule has 0 aliphatic heterocycles. The molecule has 0 spiro atoms. The normalized spacial score (nSPS) is 10.2. The average molecular weight is 412 g/mol. The molecule has 0 aromatic rings. The molecule has 0 atom stereocenters. The third kappa shape index (κ3) is 11.8. The zero-order chi connectivity index (χ0) is 22.3. The topological polar surface area (TPSA) is 143 Å². The molecule has 0 amide bonds. The van der Waals surface area contributed by atoms with Crippen molar-refractivity contribution >= 4 is 29.8 Å². The molecule has 10 nitrogen and oxygen atoms in total. The van der Waals surface area contributed by atoms with E-state index in [1.807, 2.05) is 0 Å². The first-order chi connectivity index (χ1) is 13.7. The Kier molecular flexibility index (Phi) is 12.1. The van der Waals surface area contributed by atoms with Crippen LogP contribution in [0.15, 0.2) is 38.0 Å². The number of hydrogen-bond acceptors (Lipinski definition) is 9. The lowest BCUT2D eigenvalue weighted by atomic mass is 9.87. The first kappa shape index (κ1) is 25.6. The Hall–Kier alpha value is -3.43. The summed E-state index contributed by atoms with van der Waals surface area (Å²) in [6.07, 6.45) is 2.00. The number of carbonyl (C=O) groups is 5. The highest BCUT2D eigenvalue weighted by atomic mass is 16.6. The molecule has 0 aromatic carbocycles. The highest BCUT2D eigenvalue weighted by Gasteiger charge is 2.36. The van der Waals surface area contributed by atoms with Crippen molar-refractivity contribution < 1.29 is 48.0 Å². The molecule has 1 N–H and O–H groups in total.